The Morgan fingerprint density at radius 1 is 1.07 bits per heavy atom. The number of methoxy groups -OCH3 is 1. The van der Waals surface area contributed by atoms with Crippen molar-refractivity contribution >= 4 is 16.8 Å². The Balaban J connectivity index is 1.69. The van der Waals surface area contributed by atoms with Crippen molar-refractivity contribution in [1.82, 2.24) is 9.88 Å². The van der Waals surface area contributed by atoms with Crippen molar-refractivity contribution in [3.05, 3.63) is 65.4 Å². The zero-order chi connectivity index (χ0) is 19.4. The van der Waals surface area contributed by atoms with Crippen LogP contribution in [0.3, 0.4) is 0 Å². The molecule has 5 nitrogen and oxygen atoms in total. The number of carbonyl (C=O) groups excluding carboxylic acids is 1. The van der Waals surface area contributed by atoms with Crippen LogP contribution < -0.4 is 9.47 Å². The monoisotopic (exact) mass is 364 g/mol. The lowest BCUT2D eigenvalue weighted by atomic mass is 10.1. The molecule has 0 fully saturated rings. The van der Waals surface area contributed by atoms with Crippen molar-refractivity contribution in [1.29, 1.82) is 0 Å². The van der Waals surface area contributed by atoms with Crippen LogP contribution in [-0.4, -0.2) is 43.1 Å². The van der Waals surface area contributed by atoms with Gasteiger partial charge in [-0.25, -0.2) is 0 Å². The van der Waals surface area contributed by atoms with Gasteiger partial charge in [-0.05, 0) is 49.7 Å². The lowest BCUT2D eigenvalue weighted by Crippen LogP contribution is -2.31. The highest BCUT2D eigenvalue weighted by Gasteiger charge is 2.16. The molecule has 1 heterocycles. The fourth-order valence-electron chi connectivity index (χ4n) is 2.90. The Labute approximate surface area is 159 Å². The highest BCUT2D eigenvalue weighted by Crippen LogP contribution is 2.22. The first kappa shape index (κ1) is 18.7. The molecule has 0 N–H and O–H groups in total. The van der Waals surface area contributed by atoms with E-state index in [1.54, 1.807) is 19.1 Å². The zero-order valence-electron chi connectivity index (χ0n) is 16.2. The predicted octanol–water partition coefficient (Wildman–Crippen LogP) is 4.01. The van der Waals surface area contributed by atoms with Crippen LogP contribution in [-0.2, 0) is 0 Å². The van der Waals surface area contributed by atoms with E-state index in [4.69, 9.17) is 9.47 Å². The molecule has 1 amide bonds. The van der Waals surface area contributed by atoms with E-state index in [0.29, 0.717) is 24.4 Å². The molecule has 0 spiro atoms. The van der Waals surface area contributed by atoms with Gasteiger partial charge in [0.15, 0.2) is 0 Å². The van der Waals surface area contributed by atoms with E-state index in [1.807, 2.05) is 62.4 Å². The Morgan fingerprint density at radius 2 is 1.89 bits per heavy atom. The van der Waals surface area contributed by atoms with Gasteiger partial charge in [-0.3, -0.25) is 9.78 Å². The summed E-state index contributed by atoms with van der Waals surface area (Å²) in [5.74, 6) is 1.50. The number of fused-ring (bicyclic) bond motifs is 1. The van der Waals surface area contributed by atoms with Crippen LogP contribution in [0, 0.1) is 13.8 Å². The number of pyridine rings is 1. The highest BCUT2D eigenvalue weighted by atomic mass is 16.5. The quantitative estimate of drug-likeness (QED) is 0.663. The molecule has 0 aliphatic carbocycles. The normalized spacial score (nSPS) is 10.7. The standard InChI is InChI=1S/C22H24N2O3/c1-15-6-5-7-19(12-15)27-11-10-24(3)22(25)20-13-17-8-9-18(26-4)14-21(17)23-16(20)2/h5-9,12-14H,10-11H2,1-4H3. The Kier molecular flexibility index (Phi) is 5.60. The maximum atomic E-state index is 12.8. The minimum Gasteiger partial charge on any atom is -0.497 e. The summed E-state index contributed by atoms with van der Waals surface area (Å²) in [7, 11) is 3.40. The van der Waals surface area contributed by atoms with Crippen molar-refractivity contribution < 1.29 is 14.3 Å². The van der Waals surface area contributed by atoms with E-state index in [0.717, 1.165) is 28.0 Å². The summed E-state index contributed by atoms with van der Waals surface area (Å²) in [6, 6.07) is 15.4. The fourth-order valence-corrected chi connectivity index (χ4v) is 2.90. The van der Waals surface area contributed by atoms with Crippen molar-refractivity contribution in [3.8, 4) is 11.5 Å². The number of aromatic nitrogens is 1. The van der Waals surface area contributed by atoms with Crippen LogP contribution in [0.5, 0.6) is 11.5 Å². The van der Waals surface area contributed by atoms with Crippen LogP contribution in [0.25, 0.3) is 10.9 Å². The smallest absolute Gasteiger partial charge is 0.255 e. The van der Waals surface area contributed by atoms with Gasteiger partial charge in [0.05, 0.1) is 30.4 Å². The summed E-state index contributed by atoms with van der Waals surface area (Å²) in [5.41, 5.74) is 3.26. The molecule has 0 radical (unpaired) electrons. The van der Waals surface area contributed by atoms with Crippen LogP contribution in [0.2, 0.25) is 0 Å². The summed E-state index contributed by atoms with van der Waals surface area (Å²) in [6.45, 7) is 4.80. The SMILES string of the molecule is COc1ccc2cc(C(=O)N(C)CCOc3cccc(C)c3)c(C)nc2c1. The molecule has 0 atom stereocenters. The van der Waals surface area contributed by atoms with Crippen LogP contribution >= 0.6 is 0 Å². The number of benzene rings is 2. The van der Waals surface area contributed by atoms with Gasteiger partial charge < -0.3 is 14.4 Å². The van der Waals surface area contributed by atoms with Crippen LogP contribution in [0.4, 0.5) is 0 Å². The molecule has 0 aliphatic heterocycles. The largest absolute Gasteiger partial charge is 0.497 e. The topological polar surface area (TPSA) is 51.7 Å². The van der Waals surface area contributed by atoms with Gasteiger partial charge in [-0.1, -0.05) is 12.1 Å². The molecule has 0 saturated heterocycles. The average Bonchev–Trinajstić information content (AvgIpc) is 2.66. The van der Waals surface area contributed by atoms with Gasteiger partial charge >= 0.3 is 0 Å². The van der Waals surface area contributed by atoms with Gasteiger partial charge in [0.25, 0.3) is 5.91 Å². The fraction of sp³-hybridized carbons (Fsp3) is 0.273. The molecule has 3 aromatic rings. The maximum absolute atomic E-state index is 12.8. The van der Waals surface area contributed by atoms with E-state index in [-0.39, 0.29) is 5.91 Å². The first-order valence-corrected chi connectivity index (χ1v) is 8.88. The lowest BCUT2D eigenvalue weighted by molar-refractivity contribution is 0.0772. The molecule has 5 heteroatoms. The van der Waals surface area contributed by atoms with E-state index < -0.39 is 0 Å². The highest BCUT2D eigenvalue weighted by molar-refractivity contribution is 5.98. The second kappa shape index (κ2) is 8.08. The van der Waals surface area contributed by atoms with Crippen molar-refractivity contribution in [2.75, 3.05) is 27.3 Å². The van der Waals surface area contributed by atoms with Crippen molar-refractivity contribution in [2.24, 2.45) is 0 Å². The summed E-state index contributed by atoms with van der Waals surface area (Å²) in [5, 5.41) is 0.911. The number of nitrogens with zero attached hydrogens (tertiary/aromatic N) is 2. The van der Waals surface area contributed by atoms with Gasteiger partial charge in [0.1, 0.15) is 18.1 Å². The molecular weight excluding hydrogens is 340 g/mol. The number of aryl methyl sites for hydroxylation is 2. The van der Waals surface area contributed by atoms with Gasteiger partial charge in [0, 0.05) is 18.5 Å². The molecule has 140 valence electrons. The van der Waals surface area contributed by atoms with E-state index >= 15 is 0 Å². The first-order chi connectivity index (χ1) is 13.0. The number of hydrogen-bond donors (Lipinski definition) is 0. The number of ether oxygens (including phenoxy) is 2. The van der Waals surface area contributed by atoms with E-state index in [1.165, 1.54) is 0 Å². The molecule has 1 aromatic heterocycles. The summed E-state index contributed by atoms with van der Waals surface area (Å²) >= 11 is 0. The third-order valence-corrected chi connectivity index (χ3v) is 4.48. The van der Waals surface area contributed by atoms with E-state index in [9.17, 15) is 4.79 Å². The molecule has 27 heavy (non-hydrogen) atoms. The average molecular weight is 364 g/mol. The Morgan fingerprint density at radius 3 is 2.63 bits per heavy atom. The molecule has 0 unspecified atom stereocenters. The van der Waals surface area contributed by atoms with Gasteiger partial charge in [-0.2, -0.15) is 0 Å². The van der Waals surface area contributed by atoms with Crippen LogP contribution in [0.15, 0.2) is 48.5 Å². The second-order valence-corrected chi connectivity index (χ2v) is 6.57. The predicted molar refractivity (Wildman–Crippen MR) is 107 cm³/mol. The third kappa shape index (κ3) is 4.37. The first-order valence-electron chi connectivity index (χ1n) is 8.88. The molecular formula is C22H24N2O3. The minimum atomic E-state index is -0.0643. The third-order valence-electron chi connectivity index (χ3n) is 4.48. The number of amides is 1. The number of rotatable bonds is 6. The lowest BCUT2D eigenvalue weighted by Gasteiger charge is -2.19. The molecule has 0 saturated carbocycles. The van der Waals surface area contributed by atoms with Gasteiger partial charge in [-0.15, -0.1) is 0 Å². The minimum absolute atomic E-state index is 0.0643. The molecule has 0 bridgehead atoms. The second-order valence-electron chi connectivity index (χ2n) is 6.57. The van der Waals surface area contributed by atoms with Crippen molar-refractivity contribution in [3.63, 3.8) is 0 Å². The van der Waals surface area contributed by atoms with E-state index in [2.05, 4.69) is 4.98 Å². The number of likely N-dealkylation sites (N-methyl/N-ethyl adjacent to an activating group) is 1. The van der Waals surface area contributed by atoms with Gasteiger partial charge in [0.2, 0.25) is 0 Å². The summed E-state index contributed by atoms with van der Waals surface area (Å²) in [4.78, 5) is 19.1. The summed E-state index contributed by atoms with van der Waals surface area (Å²) in [6.07, 6.45) is 0. The number of carbonyl (C=O) groups is 1. The Bertz CT molecular complexity index is 969. The van der Waals surface area contributed by atoms with Crippen molar-refractivity contribution in [2.45, 2.75) is 13.8 Å². The zero-order valence-corrected chi connectivity index (χ0v) is 16.2. The molecule has 2 aromatic carbocycles. The summed E-state index contributed by atoms with van der Waals surface area (Å²) < 4.78 is 11.0. The maximum Gasteiger partial charge on any atom is 0.255 e. The van der Waals surface area contributed by atoms with Crippen LogP contribution in [0.1, 0.15) is 21.6 Å². The molecule has 0 aliphatic rings. The Hall–Kier alpha value is -3.08. The molecule has 3 rings (SSSR count). The number of hydrogen-bond acceptors (Lipinski definition) is 4.